The predicted molar refractivity (Wildman–Crippen MR) is 74.1 cm³/mol. The highest BCUT2D eigenvalue weighted by atomic mass is 32.2. The van der Waals surface area contributed by atoms with E-state index in [-0.39, 0.29) is 10.9 Å². The van der Waals surface area contributed by atoms with Crippen molar-refractivity contribution in [1.82, 2.24) is 5.32 Å². The summed E-state index contributed by atoms with van der Waals surface area (Å²) in [6, 6.07) is 4.21. The number of benzene rings is 1. The summed E-state index contributed by atoms with van der Waals surface area (Å²) in [5.41, 5.74) is 1.62. The van der Waals surface area contributed by atoms with Gasteiger partial charge in [-0.2, -0.15) is 13.2 Å². The van der Waals surface area contributed by atoms with Crippen molar-refractivity contribution in [2.24, 2.45) is 0 Å². The lowest BCUT2D eigenvalue weighted by Gasteiger charge is -2.24. The Labute approximate surface area is 126 Å². The molecule has 0 fully saturated rings. The van der Waals surface area contributed by atoms with Crippen LogP contribution in [0.1, 0.15) is 24.0 Å². The van der Waals surface area contributed by atoms with Crippen molar-refractivity contribution < 1.29 is 26.0 Å². The van der Waals surface area contributed by atoms with Crippen LogP contribution in [0.5, 0.6) is 0 Å². The van der Waals surface area contributed by atoms with Gasteiger partial charge in [-0.25, -0.2) is 12.8 Å². The third kappa shape index (κ3) is 4.42. The minimum Gasteiger partial charge on any atom is -0.307 e. The SMILES string of the molecule is O=S(=O)(CCCC(F)(F)F)c1ccc2c(c1)CNC(CF)C2. The van der Waals surface area contributed by atoms with Crippen LogP contribution in [0.2, 0.25) is 0 Å². The molecular weight excluding hydrogens is 322 g/mol. The molecule has 0 radical (unpaired) electrons. The van der Waals surface area contributed by atoms with Gasteiger partial charge in [0.1, 0.15) is 6.67 Å². The van der Waals surface area contributed by atoms with Crippen LogP contribution in [-0.4, -0.2) is 33.1 Å². The first kappa shape index (κ1) is 17.2. The molecule has 1 aliphatic rings. The van der Waals surface area contributed by atoms with Crippen LogP contribution in [0.3, 0.4) is 0 Å². The molecule has 0 saturated heterocycles. The molecule has 0 aliphatic carbocycles. The number of fused-ring (bicyclic) bond motifs is 1. The summed E-state index contributed by atoms with van der Waals surface area (Å²) >= 11 is 0. The standard InChI is InChI=1S/C14H17F4NO2S/c15-8-12-6-10-2-3-13(7-11(10)9-19-12)22(20,21)5-1-4-14(16,17)18/h2-3,7,12,19H,1,4-6,8-9H2. The first-order valence-corrected chi connectivity index (χ1v) is 8.57. The maximum absolute atomic E-state index is 12.6. The zero-order valence-electron chi connectivity index (χ0n) is 11.8. The number of hydrogen-bond acceptors (Lipinski definition) is 3. The largest absolute Gasteiger partial charge is 0.389 e. The Bertz CT molecular complexity index is 628. The quantitative estimate of drug-likeness (QED) is 0.839. The van der Waals surface area contributed by atoms with Gasteiger partial charge in [0.15, 0.2) is 9.84 Å². The van der Waals surface area contributed by atoms with Crippen LogP contribution in [0.25, 0.3) is 0 Å². The first-order chi connectivity index (χ1) is 10.2. The van der Waals surface area contributed by atoms with E-state index in [1.807, 2.05) is 0 Å². The molecule has 1 atom stereocenters. The van der Waals surface area contributed by atoms with Gasteiger partial charge in [-0.3, -0.25) is 0 Å². The highest BCUT2D eigenvalue weighted by Gasteiger charge is 2.28. The van der Waals surface area contributed by atoms with Crippen LogP contribution < -0.4 is 5.32 Å². The van der Waals surface area contributed by atoms with Gasteiger partial charge >= 0.3 is 6.18 Å². The van der Waals surface area contributed by atoms with E-state index in [0.717, 1.165) is 11.1 Å². The van der Waals surface area contributed by atoms with Gasteiger partial charge in [0.2, 0.25) is 0 Å². The average Bonchev–Trinajstić information content (AvgIpc) is 2.44. The topological polar surface area (TPSA) is 46.2 Å². The molecule has 1 N–H and O–H groups in total. The maximum Gasteiger partial charge on any atom is 0.389 e. The number of nitrogens with one attached hydrogen (secondary N) is 1. The fourth-order valence-electron chi connectivity index (χ4n) is 2.44. The van der Waals surface area contributed by atoms with Crippen molar-refractivity contribution in [1.29, 1.82) is 0 Å². The Balaban J connectivity index is 2.09. The first-order valence-electron chi connectivity index (χ1n) is 6.92. The molecule has 2 rings (SSSR count). The number of halogens is 4. The summed E-state index contributed by atoms with van der Waals surface area (Å²) in [6.45, 7) is -0.146. The van der Waals surface area contributed by atoms with Crippen molar-refractivity contribution in [3.8, 4) is 0 Å². The summed E-state index contributed by atoms with van der Waals surface area (Å²) in [4.78, 5) is 0.0222. The predicted octanol–water partition coefficient (Wildman–Crippen LogP) is 2.79. The summed E-state index contributed by atoms with van der Waals surface area (Å²) in [5, 5.41) is 2.95. The normalized spacial score (nSPS) is 19.0. The van der Waals surface area contributed by atoms with Crippen molar-refractivity contribution in [3.05, 3.63) is 29.3 Å². The molecule has 1 unspecified atom stereocenters. The molecule has 0 saturated carbocycles. The Morgan fingerprint density at radius 3 is 2.59 bits per heavy atom. The molecule has 1 aromatic carbocycles. The van der Waals surface area contributed by atoms with E-state index in [1.165, 1.54) is 12.1 Å². The van der Waals surface area contributed by atoms with Crippen molar-refractivity contribution in [2.75, 3.05) is 12.4 Å². The molecular formula is C14H17F4NO2S. The van der Waals surface area contributed by atoms with E-state index in [9.17, 15) is 26.0 Å². The monoisotopic (exact) mass is 339 g/mol. The summed E-state index contributed by atoms with van der Waals surface area (Å²) in [7, 11) is -3.74. The lowest BCUT2D eigenvalue weighted by atomic mass is 9.96. The molecule has 124 valence electrons. The van der Waals surface area contributed by atoms with E-state index >= 15 is 0 Å². The van der Waals surface area contributed by atoms with Gasteiger partial charge < -0.3 is 5.32 Å². The highest BCUT2D eigenvalue weighted by molar-refractivity contribution is 7.91. The minimum absolute atomic E-state index is 0.0222. The lowest BCUT2D eigenvalue weighted by molar-refractivity contribution is -0.134. The van der Waals surface area contributed by atoms with Gasteiger partial charge in [0, 0.05) is 19.0 Å². The van der Waals surface area contributed by atoms with Crippen LogP contribution in [0, 0.1) is 0 Å². The zero-order valence-corrected chi connectivity index (χ0v) is 12.6. The minimum atomic E-state index is -4.35. The third-order valence-electron chi connectivity index (χ3n) is 3.64. The fraction of sp³-hybridized carbons (Fsp3) is 0.571. The van der Waals surface area contributed by atoms with Gasteiger partial charge in [-0.15, -0.1) is 0 Å². The Kier molecular flexibility index (Phi) is 5.11. The van der Waals surface area contributed by atoms with E-state index in [4.69, 9.17) is 0 Å². The van der Waals surface area contributed by atoms with E-state index in [1.54, 1.807) is 6.07 Å². The second kappa shape index (κ2) is 6.54. The summed E-state index contributed by atoms with van der Waals surface area (Å²) in [5.74, 6) is -0.536. The molecule has 22 heavy (non-hydrogen) atoms. The molecule has 0 bridgehead atoms. The van der Waals surface area contributed by atoms with Crippen LogP contribution in [0.15, 0.2) is 23.1 Å². The number of hydrogen-bond donors (Lipinski definition) is 1. The second-order valence-electron chi connectivity index (χ2n) is 5.40. The molecule has 1 aromatic rings. The van der Waals surface area contributed by atoms with E-state index in [2.05, 4.69) is 5.32 Å². The summed E-state index contributed by atoms with van der Waals surface area (Å²) in [6.07, 6.45) is -5.45. The highest BCUT2D eigenvalue weighted by Crippen LogP contribution is 2.25. The lowest BCUT2D eigenvalue weighted by Crippen LogP contribution is -2.37. The van der Waals surface area contributed by atoms with Crippen molar-refractivity contribution in [2.45, 2.75) is 42.9 Å². The Hall–Kier alpha value is -1.15. The van der Waals surface area contributed by atoms with Crippen LogP contribution >= 0.6 is 0 Å². The summed E-state index contributed by atoms with van der Waals surface area (Å²) < 4.78 is 73.1. The second-order valence-corrected chi connectivity index (χ2v) is 7.51. The van der Waals surface area contributed by atoms with Gasteiger partial charge in [0.25, 0.3) is 0 Å². The molecule has 0 amide bonds. The Morgan fingerprint density at radius 2 is 1.95 bits per heavy atom. The molecule has 0 aromatic heterocycles. The average molecular weight is 339 g/mol. The van der Waals surface area contributed by atoms with Crippen LogP contribution in [0.4, 0.5) is 17.6 Å². The fourth-order valence-corrected chi connectivity index (χ4v) is 3.80. The molecule has 1 aliphatic heterocycles. The van der Waals surface area contributed by atoms with E-state index in [0.29, 0.717) is 13.0 Å². The molecule has 0 spiro atoms. The number of sulfone groups is 1. The maximum atomic E-state index is 12.6. The van der Waals surface area contributed by atoms with Gasteiger partial charge in [-0.1, -0.05) is 6.07 Å². The van der Waals surface area contributed by atoms with Crippen molar-refractivity contribution in [3.63, 3.8) is 0 Å². The Morgan fingerprint density at radius 1 is 1.23 bits per heavy atom. The van der Waals surface area contributed by atoms with Crippen LogP contribution in [-0.2, 0) is 22.8 Å². The van der Waals surface area contributed by atoms with Gasteiger partial charge in [-0.05, 0) is 36.1 Å². The number of alkyl halides is 4. The zero-order chi connectivity index (χ0) is 16.4. The smallest absolute Gasteiger partial charge is 0.307 e. The molecule has 3 nitrogen and oxygen atoms in total. The van der Waals surface area contributed by atoms with Gasteiger partial charge in [0.05, 0.1) is 10.6 Å². The number of rotatable bonds is 5. The molecule has 1 heterocycles. The van der Waals surface area contributed by atoms with Crippen molar-refractivity contribution >= 4 is 9.84 Å². The van der Waals surface area contributed by atoms with E-state index < -0.39 is 41.3 Å². The molecule has 8 heteroatoms. The third-order valence-corrected chi connectivity index (χ3v) is 5.44.